The third kappa shape index (κ3) is 23.5. The number of likely N-dealkylation sites (tertiary alicyclic amines) is 5. The maximum atomic E-state index is 12.4. The monoisotopic (exact) mass is 1140 g/mol. The highest BCUT2D eigenvalue weighted by Gasteiger charge is 2.38. The van der Waals surface area contributed by atoms with E-state index in [2.05, 4.69) is 137 Å². The zero-order chi connectivity index (χ0) is 53.7. The van der Waals surface area contributed by atoms with Crippen LogP contribution < -0.4 is 27.1 Å². The van der Waals surface area contributed by atoms with Gasteiger partial charge in [-0.05, 0) is 116 Å². The molecule has 432 valence electrons. The van der Waals surface area contributed by atoms with Crippen LogP contribution in [0.25, 0.3) is 0 Å². The molecule has 16 nitrogen and oxygen atoms in total. The zero-order valence-corrected chi connectivity index (χ0v) is 46.6. The van der Waals surface area contributed by atoms with E-state index in [1.165, 1.54) is 24.0 Å². The zero-order valence-electron chi connectivity index (χ0n) is 45.0. The van der Waals surface area contributed by atoms with Gasteiger partial charge < -0.3 is 56.5 Å². The van der Waals surface area contributed by atoms with Crippen LogP contribution >= 0.6 is 15.9 Å². The van der Waals surface area contributed by atoms with Crippen molar-refractivity contribution in [1.82, 2.24) is 40.4 Å². The van der Waals surface area contributed by atoms with Gasteiger partial charge in [0, 0.05) is 94.1 Å². The van der Waals surface area contributed by atoms with E-state index >= 15 is 0 Å². The second-order valence-electron chi connectivity index (χ2n) is 22.1. The van der Waals surface area contributed by atoms with Crippen molar-refractivity contribution < 1.29 is 34.5 Å². The number of carbonyl (C=O) groups is 3. The molecule has 0 unspecified atom stereocenters. The molecule has 6 aliphatic heterocycles. The van der Waals surface area contributed by atoms with Crippen molar-refractivity contribution in [2.45, 2.75) is 162 Å². The van der Waals surface area contributed by atoms with Crippen LogP contribution in [0.15, 0.2) is 91.0 Å². The summed E-state index contributed by atoms with van der Waals surface area (Å²) in [4.78, 5) is 46.0. The Hall–Kier alpha value is -3.72. The summed E-state index contributed by atoms with van der Waals surface area (Å²) in [5.41, 5.74) is 9.39. The Morgan fingerprint density at radius 2 is 1.08 bits per heavy atom. The lowest BCUT2D eigenvalue weighted by molar-refractivity contribution is -0.131. The topological polar surface area (TPSA) is 210 Å². The van der Waals surface area contributed by atoms with Gasteiger partial charge in [-0.25, -0.2) is 0 Å². The van der Waals surface area contributed by atoms with E-state index < -0.39 is 20.2 Å². The molecule has 6 aliphatic rings. The molecule has 9 rings (SSSR count). The third-order valence-electron chi connectivity index (χ3n) is 15.3. The summed E-state index contributed by atoms with van der Waals surface area (Å²) in [7, 11) is -2.77. The van der Waals surface area contributed by atoms with Crippen LogP contribution in [0.4, 0.5) is 0 Å². The molecule has 9 N–H and O–H groups in total. The number of rotatable bonds is 13. The molecule has 6 saturated heterocycles. The molecule has 0 spiro atoms. The minimum atomic E-state index is -1.43. The van der Waals surface area contributed by atoms with Crippen molar-refractivity contribution in [3.63, 3.8) is 0 Å². The van der Waals surface area contributed by atoms with Crippen LogP contribution in [0.5, 0.6) is 0 Å². The molecule has 6 atom stereocenters. The first kappa shape index (κ1) is 69.4. The van der Waals surface area contributed by atoms with Crippen molar-refractivity contribution in [2.24, 2.45) is 5.73 Å². The summed E-state index contributed by atoms with van der Waals surface area (Å²) < 4.78 is 0. The molecule has 0 radical (unpaired) electrons. The molecule has 0 saturated carbocycles. The van der Waals surface area contributed by atoms with Crippen molar-refractivity contribution >= 4 is 53.4 Å². The van der Waals surface area contributed by atoms with E-state index in [0.717, 1.165) is 104 Å². The highest BCUT2D eigenvalue weighted by molar-refractivity contribution is 9.09. The average Bonchev–Trinajstić information content (AvgIpc) is 4.28. The second-order valence-corrected chi connectivity index (χ2v) is 22.6. The fourth-order valence-corrected chi connectivity index (χ4v) is 11.0. The molecular formula is C58H100B2BrN9O7. The van der Waals surface area contributed by atoms with Crippen LogP contribution in [-0.2, 0) is 27.5 Å². The summed E-state index contributed by atoms with van der Waals surface area (Å²) in [5.74, 6) is 0.00951. The number of hydrogen-bond donors (Lipinski definition) is 8. The van der Waals surface area contributed by atoms with Gasteiger partial charge in [-0.15, -0.1) is 0 Å². The first-order valence-electron chi connectivity index (χ1n) is 27.0. The molecule has 0 aromatic heterocycles. The van der Waals surface area contributed by atoms with Gasteiger partial charge >= 0.3 is 14.2 Å². The van der Waals surface area contributed by atoms with Crippen LogP contribution in [0, 0.1) is 0 Å². The molecular weight excluding hydrogens is 1040 g/mol. The van der Waals surface area contributed by atoms with E-state index in [0.29, 0.717) is 42.4 Å². The lowest BCUT2D eigenvalue weighted by Gasteiger charge is -2.28. The lowest BCUT2D eigenvalue weighted by Crippen LogP contribution is -2.52. The quantitative estimate of drug-likeness (QED) is 0.0851. The molecule has 3 amide bonds. The number of nitrogens with two attached hydrogens (primary N) is 1. The van der Waals surface area contributed by atoms with Crippen molar-refractivity contribution in [3.05, 3.63) is 102 Å². The van der Waals surface area contributed by atoms with Gasteiger partial charge in [0.25, 0.3) is 0 Å². The van der Waals surface area contributed by atoms with E-state index in [1.807, 2.05) is 15.9 Å². The SMILES string of the molecule is C.C.C.C[C@@H]1CCCN1C(=O)CBr.C[C@@H]1CCCN1C(=O)CN[C@@]1(C)CCN(Cc2ccccc2)C1.C[C@]1(N)CCN(Cc2ccccc2)C1.C[C@]1(NCC(=O)N2CCC[C@H]2B(O)O)CCNC1.OB(O)c1ccccc1. The van der Waals surface area contributed by atoms with Gasteiger partial charge in [0.2, 0.25) is 17.7 Å². The van der Waals surface area contributed by atoms with Gasteiger partial charge in [0.1, 0.15) is 0 Å². The third-order valence-corrected chi connectivity index (χ3v) is 15.7. The molecule has 6 fully saturated rings. The first-order valence-corrected chi connectivity index (χ1v) is 28.2. The van der Waals surface area contributed by atoms with Gasteiger partial charge in [0.15, 0.2) is 0 Å². The molecule has 19 heteroatoms. The molecule has 3 aromatic carbocycles. The lowest BCUT2D eigenvalue weighted by atomic mass is 9.78. The van der Waals surface area contributed by atoms with Crippen molar-refractivity contribution in [3.8, 4) is 0 Å². The Morgan fingerprint density at radius 3 is 1.51 bits per heavy atom. The fraction of sp³-hybridized carbons (Fsp3) is 0.638. The van der Waals surface area contributed by atoms with E-state index in [4.69, 9.17) is 15.8 Å². The normalized spacial score (nSPS) is 25.4. The minimum absolute atomic E-state index is 0. The Morgan fingerprint density at radius 1 is 0.623 bits per heavy atom. The van der Waals surface area contributed by atoms with Crippen LogP contribution in [-0.4, -0.2) is 189 Å². The fourth-order valence-electron chi connectivity index (χ4n) is 10.7. The van der Waals surface area contributed by atoms with Gasteiger partial charge in [-0.1, -0.05) is 129 Å². The van der Waals surface area contributed by atoms with Crippen molar-refractivity contribution in [1.29, 1.82) is 0 Å². The van der Waals surface area contributed by atoms with Gasteiger partial charge in [-0.2, -0.15) is 0 Å². The number of amides is 3. The molecule has 0 aliphatic carbocycles. The summed E-state index contributed by atoms with van der Waals surface area (Å²) in [6.45, 7) is 22.1. The summed E-state index contributed by atoms with van der Waals surface area (Å²) in [6, 6.07) is 30.7. The number of alkyl halides is 1. The predicted molar refractivity (Wildman–Crippen MR) is 322 cm³/mol. The highest BCUT2D eigenvalue weighted by atomic mass is 79.9. The van der Waals surface area contributed by atoms with Gasteiger partial charge in [-0.3, -0.25) is 24.2 Å². The van der Waals surface area contributed by atoms with Crippen LogP contribution in [0.1, 0.15) is 126 Å². The number of carbonyl (C=O) groups excluding carboxylic acids is 3. The largest absolute Gasteiger partial charge is 0.488 e. The second kappa shape index (κ2) is 34.4. The number of hydrogen-bond acceptors (Lipinski definition) is 13. The maximum Gasteiger partial charge on any atom is 0.488 e. The molecule has 6 heterocycles. The van der Waals surface area contributed by atoms with E-state index in [-0.39, 0.29) is 63.2 Å². The van der Waals surface area contributed by atoms with E-state index in [9.17, 15) is 24.4 Å². The minimum Gasteiger partial charge on any atom is -0.426 e. The molecule has 77 heavy (non-hydrogen) atoms. The average molecular weight is 1140 g/mol. The number of halogens is 1. The predicted octanol–water partition coefficient (Wildman–Crippen LogP) is 4.86. The Balaban J connectivity index is 0.000000339. The standard InChI is InChI=1S/C19H29N3O.C12H18N2.C11H22BN3O3.C7H12BrNO.C6H7BO2.3CH4/c1-16-7-6-11-22(16)18(23)13-20-19(2)10-12-21(15-19)14-17-8-4-3-5-9-17;1-12(13)7-8-14(10-12)9-11-5-3-2-4-6-11;1-11(4-5-13-8-11)14-7-10(16)15-6-2-3-9(15)12(17)18;1-6-3-2-4-9(6)7(10)5-8;8-7(9)6-4-2-1-3-5-6;;;/h3-5,8-9,16,20H,6-7,10-15H2,1-2H3;2-6H,7-10,13H2,1H3;9,13-14,17-18H,2-8H2,1H3;6H,2-5H2,1H3;1-5,8-9H;3*1H4/t16-,19+;12-;9-,11-;6-;;;;/m1001..../s1. The summed E-state index contributed by atoms with van der Waals surface area (Å²) >= 11 is 3.16. The van der Waals surface area contributed by atoms with Crippen LogP contribution in [0.2, 0.25) is 0 Å². The molecule has 3 aromatic rings. The summed E-state index contributed by atoms with van der Waals surface area (Å²) in [6.07, 6.45) is 9.35. The Kier molecular flexibility index (Phi) is 31.0. The van der Waals surface area contributed by atoms with E-state index in [1.54, 1.807) is 29.2 Å². The smallest absolute Gasteiger partial charge is 0.426 e. The Labute approximate surface area is 473 Å². The first-order chi connectivity index (χ1) is 35.3. The molecule has 0 bridgehead atoms. The number of nitrogens with zero attached hydrogens (tertiary/aromatic N) is 5. The number of benzene rings is 3. The van der Waals surface area contributed by atoms with Crippen molar-refractivity contribution in [2.75, 3.05) is 77.3 Å². The highest BCUT2D eigenvalue weighted by Crippen LogP contribution is 2.24. The Bertz CT molecular complexity index is 2120. The summed E-state index contributed by atoms with van der Waals surface area (Å²) in [5, 5.41) is 46.2. The van der Waals surface area contributed by atoms with Crippen LogP contribution in [0.3, 0.4) is 0 Å². The number of nitrogens with one attached hydrogen (secondary N) is 3. The maximum absolute atomic E-state index is 12.4. The van der Waals surface area contributed by atoms with Gasteiger partial charge in [0.05, 0.1) is 24.4 Å².